The molecule has 3 aromatic heterocycles. The Morgan fingerprint density at radius 2 is 0.784 bits per heavy atom. The van der Waals surface area contributed by atoms with E-state index in [9.17, 15) is 4.79 Å². The van der Waals surface area contributed by atoms with Crippen LogP contribution >= 0.6 is 0 Å². The molecule has 0 saturated heterocycles. The van der Waals surface area contributed by atoms with Crippen LogP contribution in [0.5, 0.6) is 0 Å². The molecule has 0 amide bonds. The Labute approximate surface area is 295 Å². The van der Waals surface area contributed by atoms with Gasteiger partial charge in [0.15, 0.2) is 0 Å². The Kier molecular flexibility index (Phi) is 6.88. The first-order valence-electron chi connectivity index (χ1n) is 17.8. The predicted molar refractivity (Wildman–Crippen MR) is 212 cm³/mol. The molecule has 0 atom stereocenters. The van der Waals surface area contributed by atoms with E-state index in [4.69, 9.17) is 0 Å². The van der Waals surface area contributed by atoms with Crippen molar-refractivity contribution < 1.29 is 4.79 Å². The molecule has 3 heterocycles. The lowest BCUT2D eigenvalue weighted by Gasteiger charge is -2.10. The predicted octanol–water partition coefficient (Wildman–Crippen LogP) is 11.3. The Balaban J connectivity index is 1.06. The van der Waals surface area contributed by atoms with Gasteiger partial charge in [0.2, 0.25) is 0 Å². The first-order chi connectivity index (χ1) is 25.2. The minimum atomic E-state index is 0.680. The third kappa shape index (κ3) is 4.79. The molecular formula is C47H35N3O. The van der Waals surface area contributed by atoms with Crippen LogP contribution in [0.1, 0.15) is 21.5 Å². The maximum Gasteiger partial charge on any atom is 0.150 e. The zero-order valence-electron chi connectivity index (χ0n) is 28.2. The molecule has 10 rings (SSSR count). The standard InChI is InChI=1S/C47H35N3O/c51-31-34-17-21-35(22-18-34)50-46-23-19-32(25-27-48-42-13-5-1-9-36(42)37-10-2-6-14-43(37)48)29-40(46)41-30-33(20-24-47(41)50)26-28-49-44-15-7-3-11-38(44)39-12-4-8-16-45(39)49/h1-24,29-31H,25-28H2. The van der Waals surface area contributed by atoms with E-state index in [1.807, 2.05) is 12.1 Å². The molecule has 0 unspecified atom stereocenters. The van der Waals surface area contributed by atoms with Crippen molar-refractivity contribution in [2.45, 2.75) is 25.9 Å². The number of aryl methyl sites for hydroxylation is 4. The SMILES string of the molecule is O=Cc1ccc(-n2c3ccc(CCn4c5ccccc5c5ccccc54)cc3c3cc(CCn4c5ccccc5c5ccccc54)ccc32)cc1. The summed E-state index contributed by atoms with van der Waals surface area (Å²) < 4.78 is 7.28. The van der Waals surface area contributed by atoms with E-state index < -0.39 is 0 Å². The van der Waals surface area contributed by atoms with E-state index in [0.29, 0.717) is 5.56 Å². The first kappa shape index (κ1) is 29.5. The van der Waals surface area contributed by atoms with Crippen molar-refractivity contribution in [1.29, 1.82) is 0 Å². The van der Waals surface area contributed by atoms with Crippen molar-refractivity contribution in [3.63, 3.8) is 0 Å². The van der Waals surface area contributed by atoms with Gasteiger partial charge in [0, 0.05) is 78.7 Å². The van der Waals surface area contributed by atoms with E-state index in [0.717, 1.165) is 37.9 Å². The molecule has 0 N–H and O–H groups in total. The van der Waals surface area contributed by atoms with Gasteiger partial charge in [-0.05, 0) is 96.8 Å². The fraction of sp³-hybridized carbons (Fsp3) is 0.0851. The summed E-state index contributed by atoms with van der Waals surface area (Å²) in [6.45, 7) is 1.80. The van der Waals surface area contributed by atoms with Gasteiger partial charge in [-0.3, -0.25) is 4.79 Å². The second-order valence-corrected chi connectivity index (χ2v) is 13.6. The van der Waals surface area contributed by atoms with E-state index in [2.05, 4.69) is 159 Å². The number of nitrogens with zero attached hydrogens (tertiary/aromatic N) is 3. The summed E-state index contributed by atoms with van der Waals surface area (Å²) in [5, 5.41) is 7.73. The molecule has 0 bridgehead atoms. The van der Waals surface area contributed by atoms with Crippen LogP contribution in [0.15, 0.2) is 158 Å². The third-order valence-electron chi connectivity index (χ3n) is 10.8. The van der Waals surface area contributed by atoms with E-state index in [-0.39, 0.29) is 0 Å². The zero-order chi connectivity index (χ0) is 33.9. The molecule has 244 valence electrons. The van der Waals surface area contributed by atoms with Crippen LogP contribution in [0.3, 0.4) is 0 Å². The summed E-state index contributed by atoms with van der Waals surface area (Å²) in [6, 6.07) is 56.8. The molecule has 0 spiro atoms. The lowest BCUT2D eigenvalue weighted by Crippen LogP contribution is -2.01. The molecule has 0 saturated carbocycles. The Bertz CT molecular complexity index is 2660. The number of fused-ring (bicyclic) bond motifs is 9. The van der Waals surface area contributed by atoms with E-state index in [1.165, 1.54) is 76.5 Å². The highest BCUT2D eigenvalue weighted by Gasteiger charge is 2.16. The van der Waals surface area contributed by atoms with Gasteiger partial charge in [0.1, 0.15) is 6.29 Å². The van der Waals surface area contributed by atoms with Crippen LogP contribution in [-0.2, 0) is 25.9 Å². The second-order valence-electron chi connectivity index (χ2n) is 13.6. The van der Waals surface area contributed by atoms with Crippen LogP contribution in [0.2, 0.25) is 0 Å². The number of hydrogen-bond acceptors (Lipinski definition) is 1. The number of hydrogen-bond donors (Lipinski definition) is 0. The van der Waals surface area contributed by atoms with Crippen LogP contribution in [0, 0.1) is 0 Å². The molecule has 0 fully saturated rings. The van der Waals surface area contributed by atoms with Gasteiger partial charge in [-0.1, -0.05) is 84.9 Å². The molecule has 51 heavy (non-hydrogen) atoms. The van der Waals surface area contributed by atoms with Crippen molar-refractivity contribution in [3.8, 4) is 5.69 Å². The number of para-hydroxylation sites is 4. The second kappa shape index (κ2) is 11.9. The minimum Gasteiger partial charge on any atom is -0.340 e. The maximum absolute atomic E-state index is 11.5. The van der Waals surface area contributed by atoms with Crippen LogP contribution < -0.4 is 0 Å². The molecule has 4 heteroatoms. The van der Waals surface area contributed by atoms with Gasteiger partial charge in [-0.25, -0.2) is 0 Å². The van der Waals surface area contributed by atoms with Gasteiger partial charge in [0.05, 0.1) is 11.0 Å². The smallest absolute Gasteiger partial charge is 0.150 e. The van der Waals surface area contributed by atoms with Gasteiger partial charge in [-0.2, -0.15) is 0 Å². The lowest BCUT2D eigenvalue weighted by molar-refractivity contribution is 0.112. The zero-order valence-corrected chi connectivity index (χ0v) is 28.2. The average Bonchev–Trinajstić information content (AvgIpc) is 3.81. The molecule has 10 aromatic rings. The molecule has 0 aliphatic rings. The van der Waals surface area contributed by atoms with Crippen molar-refractivity contribution in [1.82, 2.24) is 13.7 Å². The average molecular weight is 658 g/mol. The molecule has 0 aliphatic carbocycles. The number of carbonyl (C=O) groups excluding carboxylic acids is 1. The monoisotopic (exact) mass is 657 g/mol. The number of aldehydes is 1. The highest BCUT2D eigenvalue weighted by Crippen LogP contribution is 2.35. The van der Waals surface area contributed by atoms with Gasteiger partial charge >= 0.3 is 0 Å². The summed E-state index contributed by atoms with van der Waals surface area (Å²) in [5.41, 5.74) is 11.8. The summed E-state index contributed by atoms with van der Waals surface area (Å²) >= 11 is 0. The third-order valence-corrected chi connectivity index (χ3v) is 10.8. The van der Waals surface area contributed by atoms with E-state index in [1.54, 1.807) is 0 Å². The van der Waals surface area contributed by atoms with Crippen molar-refractivity contribution in [2.75, 3.05) is 0 Å². The fourth-order valence-corrected chi connectivity index (χ4v) is 8.38. The Morgan fingerprint density at radius 1 is 0.392 bits per heavy atom. The topological polar surface area (TPSA) is 31.9 Å². The molecule has 4 nitrogen and oxygen atoms in total. The van der Waals surface area contributed by atoms with Gasteiger partial charge < -0.3 is 13.7 Å². The van der Waals surface area contributed by atoms with Crippen molar-refractivity contribution in [3.05, 3.63) is 174 Å². The van der Waals surface area contributed by atoms with Gasteiger partial charge in [-0.15, -0.1) is 0 Å². The molecule has 0 radical (unpaired) electrons. The van der Waals surface area contributed by atoms with E-state index >= 15 is 0 Å². The van der Waals surface area contributed by atoms with Gasteiger partial charge in [0.25, 0.3) is 0 Å². The fourth-order valence-electron chi connectivity index (χ4n) is 8.38. The summed E-state index contributed by atoms with van der Waals surface area (Å²) in [6.07, 6.45) is 2.75. The quantitative estimate of drug-likeness (QED) is 0.150. The summed E-state index contributed by atoms with van der Waals surface area (Å²) in [5.74, 6) is 0. The number of carbonyl (C=O) groups is 1. The Hall–Kier alpha value is -6.39. The highest BCUT2D eigenvalue weighted by atomic mass is 16.1. The van der Waals surface area contributed by atoms with Crippen LogP contribution in [0.4, 0.5) is 0 Å². The Morgan fingerprint density at radius 3 is 1.18 bits per heavy atom. The van der Waals surface area contributed by atoms with Crippen molar-refractivity contribution >= 4 is 71.7 Å². The molecular weight excluding hydrogens is 623 g/mol. The highest BCUT2D eigenvalue weighted by molar-refractivity contribution is 6.11. The van der Waals surface area contributed by atoms with Crippen LogP contribution in [-0.4, -0.2) is 20.0 Å². The molecule has 7 aromatic carbocycles. The van der Waals surface area contributed by atoms with Crippen molar-refractivity contribution in [2.24, 2.45) is 0 Å². The summed E-state index contributed by atoms with van der Waals surface area (Å²) in [7, 11) is 0. The minimum absolute atomic E-state index is 0.680. The number of benzene rings is 7. The lowest BCUT2D eigenvalue weighted by atomic mass is 10.0. The van der Waals surface area contributed by atoms with Crippen LogP contribution in [0.25, 0.3) is 71.1 Å². The first-order valence-corrected chi connectivity index (χ1v) is 17.8. The normalized spacial score (nSPS) is 11.9. The number of rotatable bonds is 8. The largest absolute Gasteiger partial charge is 0.340 e. The summed E-state index contributed by atoms with van der Waals surface area (Å²) in [4.78, 5) is 11.5. The maximum atomic E-state index is 11.5. The number of aromatic nitrogens is 3. The molecule has 0 aliphatic heterocycles.